The molecule has 0 spiro atoms. The SMILES string of the molecule is COc1cccc(NCc2ccccc2F)c1N. The second-order valence-electron chi connectivity index (χ2n) is 3.87. The summed E-state index contributed by atoms with van der Waals surface area (Å²) in [5.74, 6) is 0.375. The fraction of sp³-hybridized carbons (Fsp3) is 0.143. The van der Waals surface area contributed by atoms with Gasteiger partial charge in [-0.05, 0) is 18.2 Å². The molecule has 0 aromatic heterocycles. The van der Waals surface area contributed by atoms with Crippen molar-refractivity contribution in [2.45, 2.75) is 6.54 Å². The van der Waals surface area contributed by atoms with Crippen LogP contribution in [0, 0.1) is 5.82 Å². The van der Waals surface area contributed by atoms with Crippen LogP contribution >= 0.6 is 0 Å². The topological polar surface area (TPSA) is 47.3 Å². The van der Waals surface area contributed by atoms with E-state index in [4.69, 9.17) is 10.5 Å². The zero-order valence-corrected chi connectivity index (χ0v) is 10.1. The predicted octanol–water partition coefficient (Wildman–Crippen LogP) is 3.03. The van der Waals surface area contributed by atoms with Gasteiger partial charge in [-0.3, -0.25) is 0 Å². The van der Waals surface area contributed by atoms with E-state index >= 15 is 0 Å². The number of nitrogen functional groups attached to an aromatic ring is 1. The third kappa shape index (κ3) is 2.53. The van der Waals surface area contributed by atoms with Crippen LogP contribution in [-0.4, -0.2) is 7.11 Å². The Labute approximate surface area is 105 Å². The average Bonchev–Trinajstić information content (AvgIpc) is 2.39. The Morgan fingerprint density at radius 1 is 1.17 bits per heavy atom. The van der Waals surface area contributed by atoms with Gasteiger partial charge in [-0.15, -0.1) is 0 Å². The van der Waals surface area contributed by atoms with Crippen molar-refractivity contribution in [2.75, 3.05) is 18.2 Å². The molecule has 94 valence electrons. The van der Waals surface area contributed by atoms with E-state index in [2.05, 4.69) is 5.32 Å². The van der Waals surface area contributed by atoms with Gasteiger partial charge in [0.15, 0.2) is 0 Å². The van der Waals surface area contributed by atoms with Crippen LogP contribution < -0.4 is 15.8 Å². The minimum Gasteiger partial charge on any atom is -0.495 e. The summed E-state index contributed by atoms with van der Waals surface area (Å²) in [5, 5.41) is 3.10. The highest BCUT2D eigenvalue weighted by molar-refractivity contribution is 5.72. The van der Waals surface area contributed by atoms with Crippen molar-refractivity contribution in [3.8, 4) is 5.75 Å². The number of nitrogens with one attached hydrogen (secondary N) is 1. The molecule has 18 heavy (non-hydrogen) atoms. The Morgan fingerprint density at radius 2 is 1.94 bits per heavy atom. The molecule has 0 aliphatic carbocycles. The van der Waals surface area contributed by atoms with E-state index in [0.717, 1.165) is 5.69 Å². The minimum absolute atomic E-state index is 0.230. The normalized spacial score (nSPS) is 10.1. The Hall–Kier alpha value is -2.23. The van der Waals surface area contributed by atoms with Gasteiger partial charge in [0.1, 0.15) is 11.6 Å². The number of anilines is 2. The summed E-state index contributed by atoms with van der Waals surface area (Å²) in [7, 11) is 1.56. The summed E-state index contributed by atoms with van der Waals surface area (Å²) < 4.78 is 18.6. The molecule has 0 saturated heterocycles. The third-order valence-corrected chi connectivity index (χ3v) is 2.71. The number of rotatable bonds is 4. The molecule has 3 nitrogen and oxygen atoms in total. The van der Waals surface area contributed by atoms with E-state index in [9.17, 15) is 4.39 Å². The van der Waals surface area contributed by atoms with Crippen LogP contribution in [0.25, 0.3) is 0 Å². The minimum atomic E-state index is -0.230. The van der Waals surface area contributed by atoms with Crippen LogP contribution in [0.2, 0.25) is 0 Å². The maximum Gasteiger partial charge on any atom is 0.143 e. The van der Waals surface area contributed by atoms with E-state index in [-0.39, 0.29) is 5.82 Å². The van der Waals surface area contributed by atoms with Crippen LogP contribution in [0.5, 0.6) is 5.75 Å². The van der Waals surface area contributed by atoms with Gasteiger partial charge < -0.3 is 15.8 Å². The Morgan fingerprint density at radius 3 is 2.67 bits per heavy atom. The van der Waals surface area contributed by atoms with Gasteiger partial charge in [0.25, 0.3) is 0 Å². The van der Waals surface area contributed by atoms with Crippen molar-refractivity contribution < 1.29 is 9.13 Å². The molecule has 0 atom stereocenters. The van der Waals surface area contributed by atoms with Crippen LogP contribution in [0.3, 0.4) is 0 Å². The van der Waals surface area contributed by atoms with Crippen molar-refractivity contribution in [2.24, 2.45) is 0 Å². The van der Waals surface area contributed by atoms with Crippen LogP contribution in [0.1, 0.15) is 5.56 Å². The second-order valence-corrected chi connectivity index (χ2v) is 3.87. The van der Waals surface area contributed by atoms with Gasteiger partial charge >= 0.3 is 0 Å². The molecule has 0 radical (unpaired) electrons. The molecule has 2 rings (SSSR count). The number of nitrogens with two attached hydrogens (primary N) is 1. The second kappa shape index (κ2) is 5.40. The predicted molar refractivity (Wildman–Crippen MR) is 71.1 cm³/mol. The lowest BCUT2D eigenvalue weighted by Crippen LogP contribution is -2.05. The lowest BCUT2D eigenvalue weighted by atomic mass is 10.2. The molecule has 0 heterocycles. The highest BCUT2D eigenvalue weighted by Crippen LogP contribution is 2.29. The van der Waals surface area contributed by atoms with Crippen molar-refractivity contribution in [3.05, 3.63) is 53.8 Å². The third-order valence-electron chi connectivity index (χ3n) is 2.71. The highest BCUT2D eigenvalue weighted by Gasteiger charge is 2.06. The molecule has 0 fully saturated rings. The lowest BCUT2D eigenvalue weighted by molar-refractivity contribution is 0.417. The monoisotopic (exact) mass is 246 g/mol. The number of benzene rings is 2. The first-order valence-corrected chi connectivity index (χ1v) is 5.62. The summed E-state index contributed by atoms with van der Waals surface area (Å²) in [4.78, 5) is 0. The van der Waals surface area contributed by atoms with E-state index in [1.165, 1.54) is 6.07 Å². The Balaban J connectivity index is 2.14. The molecule has 0 unspecified atom stereocenters. The van der Waals surface area contributed by atoms with E-state index < -0.39 is 0 Å². The van der Waals surface area contributed by atoms with Crippen LogP contribution in [0.15, 0.2) is 42.5 Å². The van der Waals surface area contributed by atoms with Gasteiger partial charge in [0.2, 0.25) is 0 Å². The summed E-state index contributed by atoms with van der Waals surface area (Å²) in [6.45, 7) is 0.379. The summed E-state index contributed by atoms with van der Waals surface area (Å²) in [5.41, 5.74) is 7.77. The van der Waals surface area contributed by atoms with Gasteiger partial charge in [-0.1, -0.05) is 24.3 Å². The molecular weight excluding hydrogens is 231 g/mol. The number of halogens is 1. The smallest absolute Gasteiger partial charge is 0.143 e. The van der Waals surface area contributed by atoms with E-state index in [0.29, 0.717) is 23.5 Å². The summed E-state index contributed by atoms with van der Waals surface area (Å²) in [6.07, 6.45) is 0. The Bertz CT molecular complexity index is 543. The Kier molecular flexibility index (Phi) is 3.67. The number of hydrogen-bond donors (Lipinski definition) is 2. The standard InChI is InChI=1S/C14H15FN2O/c1-18-13-8-4-7-12(14(13)16)17-9-10-5-2-3-6-11(10)15/h2-8,17H,9,16H2,1H3. The van der Waals surface area contributed by atoms with Gasteiger partial charge in [-0.2, -0.15) is 0 Å². The lowest BCUT2D eigenvalue weighted by Gasteiger charge is -2.12. The molecule has 3 N–H and O–H groups in total. The molecule has 0 bridgehead atoms. The number of ether oxygens (including phenoxy) is 1. The maximum atomic E-state index is 13.4. The van der Waals surface area contributed by atoms with Gasteiger partial charge in [0, 0.05) is 12.1 Å². The molecule has 0 amide bonds. The fourth-order valence-electron chi connectivity index (χ4n) is 1.71. The molecule has 0 aliphatic rings. The molecule has 0 saturated carbocycles. The number of methoxy groups -OCH3 is 1. The van der Waals surface area contributed by atoms with E-state index in [1.807, 2.05) is 12.1 Å². The first-order chi connectivity index (χ1) is 8.72. The largest absolute Gasteiger partial charge is 0.495 e. The summed E-state index contributed by atoms with van der Waals surface area (Å²) >= 11 is 0. The maximum absolute atomic E-state index is 13.4. The van der Waals surface area contributed by atoms with E-state index in [1.54, 1.807) is 31.4 Å². The van der Waals surface area contributed by atoms with Gasteiger partial charge in [0.05, 0.1) is 18.5 Å². The quantitative estimate of drug-likeness (QED) is 0.815. The first-order valence-electron chi connectivity index (χ1n) is 5.62. The van der Waals surface area contributed by atoms with Crippen molar-refractivity contribution >= 4 is 11.4 Å². The zero-order valence-electron chi connectivity index (χ0n) is 10.1. The molecule has 2 aromatic rings. The van der Waals surface area contributed by atoms with Crippen LogP contribution in [0.4, 0.5) is 15.8 Å². The molecule has 2 aromatic carbocycles. The zero-order chi connectivity index (χ0) is 13.0. The van der Waals surface area contributed by atoms with Crippen molar-refractivity contribution in [3.63, 3.8) is 0 Å². The molecule has 0 aliphatic heterocycles. The number of hydrogen-bond acceptors (Lipinski definition) is 3. The molecule has 4 heteroatoms. The van der Waals surface area contributed by atoms with Gasteiger partial charge in [-0.25, -0.2) is 4.39 Å². The van der Waals surface area contributed by atoms with Crippen molar-refractivity contribution in [1.29, 1.82) is 0 Å². The van der Waals surface area contributed by atoms with Crippen LogP contribution in [-0.2, 0) is 6.54 Å². The molecular formula is C14H15FN2O. The summed E-state index contributed by atoms with van der Waals surface area (Å²) in [6, 6.07) is 12.1. The fourth-order valence-corrected chi connectivity index (χ4v) is 1.71. The first kappa shape index (κ1) is 12.2. The van der Waals surface area contributed by atoms with Crippen molar-refractivity contribution in [1.82, 2.24) is 0 Å². The number of para-hydroxylation sites is 1. The average molecular weight is 246 g/mol. The highest BCUT2D eigenvalue weighted by atomic mass is 19.1.